The molecule has 1 aliphatic rings. The van der Waals surface area contributed by atoms with Crippen molar-refractivity contribution >= 4 is 0 Å². The molecule has 0 aliphatic carbocycles. The molecular formula is C11H14O. The van der Waals surface area contributed by atoms with Crippen LogP contribution in [-0.2, 0) is 11.2 Å². The highest BCUT2D eigenvalue weighted by Crippen LogP contribution is 2.37. The van der Waals surface area contributed by atoms with E-state index < -0.39 is 25.4 Å². The van der Waals surface area contributed by atoms with Crippen LogP contribution in [0.15, 0.2) is 30.3 Å². The Morgan fingerprint density at radius 1 is 1.42 bits per heavy atom. The van der Waals surface area contributed by atoms with E-state index in [2.05, 4.69) is 0 Å². The van der Waals surface area contributed by atoms with Crippen molar-refractivity contribution in [3.63, 3.8) is 0 Å². The maximum atomic E-state index is 7.40. The molecule has 64 valence electrons. The Morgan fingerprint density at radius 2 is 2.17 bits per heavy atom. The van der Waals surface area contributed by atoms with Crippen molar-refractivity contribution in [2.24, 2.45) is 0 Å². The highest BCUT2D eigenvalue weighted by molar-refractivity contribution is 5.18. The summed E-state index contributed by atoms with van der Waals surface area (Å²) in [6, 6.07) is 9.14. The van der Waals surface area contributed by atoms with Gasteiger partial charge in [-0.2, -0.15) is 0 Å². The molecular weight excluding hydrogens is 148 g/mol. The molecule has 1 aliphatic heterocycles. The first-order valence-electron chi connectivity index (χ1n) is 6.90. The minimum Gasteiger partial charge on any atom is -0.366 e. The van der Waals surface area contributed by atoms with E-state index in [0.29, 0.717) is 6.42 Å². The van der Waals surface area contributed by atoms with Gasteiger partial charge in [0, 0.05) is 14.6 Å². The van der Waals surface area contributed by atoms with E-state index in [9.17, 15) is 0 Å². The molecule has 1 aromatic carbocycles. The summed E-state index contributed by atoms with van der Waals surface area (Å²) in [4.78, 5) is 0. The van der Waals surface area contributed by atoms with E-state index in [1.165, 1.54) is 0 Å². The monoisotopic (exact) mass is 168 g/mol. The third-order valence-corrected chi connectivity index (χ3v) is 1.99. The number of hydrogen-bond acceptors (Lipinski definition) is 1. The first-order chi connectivity index (χ1) is 8.18. The fourth-order valence-electron chi connectivity index (χ4n) is 1.20. The summed E-state index contributed by atoms with van der Waals surface area (Å²) in [6.45, 7) is -5.28. The molecule has 1 heteroatoms. The summed E-state index contributed by atoms with van der Waals surface area (Å²) in [5.41, 5.74) is -1.13. The van der Waals surface area contributed by atoms with E-state index in [-0.39, 0.29) is 0 Å². The van der Waals surface area contributed by atoms with Crippen molar-refractivity contribution in [2.45, 2.75) is 31.8 Å². The van der Waals surface area contributed by atoms with Crippen molar-refractivity contribution in [2.75, 3.05) is 0 Å². The van der Waals surface area contributed by atoms with Crippen LogP contribution in [0.4, 0.5) is 0 Å². The van der Waals surface area contributed by atoms with E-state index in [4.69, 9.17) is 13.0 Å². The second-order valence-electron chi connectivity index (χ2n) is 3.03. The van der Waals surface area contributed by atoms with Crippen molar-refractivity contribution in [3.05, 3.63) is 35.9 Å². The molecule has 0 spiro atoms. The molecule has 0 amide bonds. The number of rotatable bonds is 2. The maximum Gasteiger partial charge on any atom is 0.0908 e. The minimum absolute atomic E-state index is 0.303. The summed E-state index contributed by atoms with van der Waals surface area (Å²) in [5.74, 6) is 0. The highest BCUT2D eigenvalue weighted by atomic mass is 16.6. The Hall–Kier alpha value is -0.820. The fourth-order valence-corrected chi connectivity index (χ4v) is 1.20. The molecule has 1 saturated heterocycles. The van der Waals surface area contributed by atoms with Gasteiger partial charge in [-0.1, -0.05) is 30.3 Å². The van der Waals surface area contributed by atoms with Crippen LogP contribution in [0.5, 0.6) is 0 Å². The summed E-state index contributed by atoms with van der Waals surface area (Å²) in [5, 5.41) is 0. The van der Waals surface area contributed by atoms with Gasteiger partial charge in [0.15, 0.2) is 0 Å². The van der Waals surface area contributed by atoms with Gasteiger partial charge in [0.2, 0.25) is 0 Å². The molecule has 1 unspecified atom stereocenters. The van der Waals surface area contributed by atoms with Crippen LogP contribution in [0.25, 0.3) is 0 Å². The van der Waals surface area contributed by atoms with Crippen molar-refractivity contribution in [1.82, 2.24) is 0 Å². The topological polar surface area (TPSA) is 12.5 Å². The highest BCUT2D eigenvalue weighted by Gasteiger charge is 2.47. The van der Waals surface area contributed by atoms with Gasteiger partial charge in [0.25, 0.3) is 0 Å². The zero-order valence-electron chi connectivity index (χ0n) is 12.6. The van der Waals surface area contributed by atoms with E-state index in [0.717, 1.165) is 5.56 Å². The zero-order valence-corrected chi connectivity index (χ0v) is 6.58. The second kappa shape index (κ2) is 2.60. The summed E-state index contributed by atoms with van der Waals surface area (Å²) >= 11 is 0. The predicted octanol–water partition coefficient (Wildman–Crippen LogP) is 2.41. The Labute approximate surface area is 81.8 Å². The van der Waals surface area contributed by atoms with Crippen LogP contribution in [0.1, 0.15) is 27.5 Å². The molecule has 2 rings (SSSR count). The average Bonchev–Trinajstić information content (AvgIpc) is 2.93. The molecule has 1 fully saturated rings. The lowest BCUT2D eigenvalue weighted by atomic mass is 10.0. The fraction of sp³-hybridized carbons (Fsp3) is 0.455. The van der Waals surface area contributed by atoms with Crippen molar-refractivity contribution in [1.29, 1.82) is 0 Å². The lowest BCUT2D eigenvalue weighted by Crippen LogP contribution is -2.05. The largest absolute Gasteiger partial charge is 0.366 e. The first kappa shape index (κ1) is 3.51. The van der Waals surface area contributed by atoms with Crippen LogP contribution in [-0.4, -0.2) is 11.7 Å². The third kappa shape index (κ3) is 1.51. The van der Waals surface area contributed by atoms with Gasteiger partial charge in [-0.3, -0.25) is 0 Å². The lowest BCUT2D eigenvalue weighted by Gasteiger charge is -1.97. The lowest BCUT2D eigenvalue weighted by molar-refractivity contribution is 0.323. The van der Waals surface area contributed by atoms with Gasteiger partial charge >= 0.3 is 0 Å². The van der Waals surface area contributed by atoms with E-state index in [1.54, 1.807) is 0 Å². The summed E-state index contributed by atoms with van der Waals surface area (Å²) < 4.78 is 49.5. The average molecular weight is 168 g/mol. The Kier molecular flexibility index (Phi) is 0.758. The Bertz CT molecular complexity index is 407. The minimum atomic E-state index is -2.64. The van der Waals surface area contributed by atoms with Gasteiger partial charge in [-0.05, 0) is 19.3 Å². The number of epoxide rings is 1. The molecule has 0 aromatic heterocycles. The summed E-state index contributed by atoms with van der Waals surface area (Å²) in [6.07, 6.45) is -0.475. The Morgan fingerprint density at radius 3 is 2.75 bits per heavy atom. The molecule has 1 atom stereocenters. The van der Waals surface area contributed by atoms with E-state index >= 15 is 0 Å². The van der Waals surface area contributed by atoms with Crippen molar-refractivity contribution < 1.29 is 13.0 Å². The molecule has 1 nitrogen and oxygen atoms in total. The van der Waals surface area contributed by atoms with Crippen LogP contribution in [0.3, 0.4) is 0 Å². The molecule has 0 saturated carbocycles. The number of ether oxygens (including phenoxy) is 1. The predicted molar refractivity (Wildman–Crippen MR) is 49.1 cm³/mol. The summed E-state index contributed by atoms with van der Waals surface area (Å²) in [7, 11) is 0. The van der Waals surface area contributed by atoms with Gasteiger partial charge in [0.1, 0.15) is 0 Å². The second-order valence-corrected chi connectivity index (χ2v) is 3.03. The van der Waals surface area contributed by atoms with Crippen LogP contribution >= 0.6 is 0 Å². The van der Waals surface area contributed by atoms with Gasteiger partial charge in [0.05, 0.1) is 11.7 Å². The standard InChI is InChI=1S/C11H14O/c1-11(2)10(12-11)8-9-6-4-3-5-7-9/h3-7,10H,8H2,1-2H3/i1D3,2D3. The van der Waals surface area contributed by atoms with Gasteiger partial charge in [-0.25, -0.2) is 0 Å². The Balaban J connectivity index is 2.19. The number of benzene rings is 1. The first-order valence-corrected chi connectivity index (χ1v) is 3.90. The molecule has 0 radical (unpaired) electrons. The van der Waals surface area contributed by atoms with Crippen LogP contribution in [0, 0.1) is 0 Å². The molecule has 1 heterocycles. The smallest absolute Gasteiger partial charge is 0.0908 e. The molecule has 1 aromatic rings. The van der Waals surface area contributed by atoms with Gasteiger partial charge < -0.3 is 4.74 Å². The van der Waals surface area contributed by atoms with Crippen molar-refractivity contribution in [3.8, 4) is 0 Å². The maximum absolute atomic E-state index is 7.40. The van der Waals surface area contributed by atoms with Crippen LogP contribution < -0.4 is 0 Å². The van der Waals surface area contributed by atoms with Gasteiger partial charge in [-0.15, -0.1) is 0 Å². The zero-order chi connectivity index (χ0) is 13.6. The third-order valence-electron chi connectivity index (χ3n) is 1.99. The van der Waals surface area contributed by atoms with E-state index in [1.807, 2.05) is 30.3 Å². The SMILES string of the molecule is [2H]C([2H])([2H])C1(C([2H])([2H])[2H])OC1Cc1ccccc1. The quantitative estimate of drug-likeness (QED) is 0.618. The molecule has 0 N–H and O–H groups in total. The normalized spacial score (nSPS) is 34.8. The molecule has 0 bridgehead atoms. The molecule has 12 heavy (non-hydrogen) atoms. The van der Waals surface area contributed by atoms with Crippen LogP contribution in [0.2, 0.25) is 0 Å². The number of hydrogen-bond donors (Lipinski definition) is 0.